The van der Waals surface area contributed by atoms with Crippen LogP contribution in [0.2, 0.25) is 0 Å². The third kappa shape index (κ3) is 3.64. The van der Waals surface area contributed by atoms with Crippen molar-refractivity contribution in [3.8, 4) is 5.69 Å². The van der Waals surface area contributed by atoms with Crippen LogP contribution in [0.4, 0.5) is 28.4 Å². The SMILES string of the molecule is [C-]#[N+]c1ccc2c(c1)c1cc([N+]#[C-])ccc1n2-c1ccc2c(c1)sc1cc(N3c4ccccc4C(C)(C)c4ccccc43)ccc12. The first kappa shape index (κ1) is 26.5. The molecule has 3 heterocycles. The molecule has 8 aromatic rings. The smallest absolute Gasteiger partial charge is 0.188 e. The van der Waals surface area contributed by atoms with E-state index in [1.165, 1.54) is 42.7 Å². The summed E-state index contributed by atoms with van der Waals surface area (Å²) in [5, 5.41) is 4.46. The van der Waals surface area contributed by atoms with Crippen LogP contribution in [0, 0.1) is 13.1 Å². The minimum atomic E-state index is -0.0936. The van der Waals surface area contributed by atoms with E-state index in [9.17, 15) is 0 Å². The van der Waals surface area contributed by atoms with Crippen molar-refractivity contribution in [3.05, 3.63) is 155 Å². The van der Waals surface area contributed by atoms with Gasteiger partial charge in [0, 0.05) is 37.0 Å². The first-order valence-electron chi connectivity index (χ1n) is 15.3. The fourth-order valence-electron chi connectivity index (χ4n) is 7.40. The van der Waals surface area contributed by atoms with E-state index in [1.54, 1.807) is 0 Å². The predicted molar refractivity (Wildman–Crippen MR) is 193 cm³/mol. The summed E-state index contributed by atoms with van der Waals surface area (Å²) < 4.78 is 4.72. The van der Waals surface area contributed by atoms with E-state index >= 15 is 0 Å². The second-order valence-corrected chi connectivity index (χ2v) is 13.5. The molecule has 1 aliphatic heterocycles. The summed E-state index contributed by atoms with van der Waals surface area (Å²) in [6.45, 7) is 19.8. The Labute approximate surface area is 270 Å². The second-order valence-electron chi connectivity index (χ2n) is 12.4. The van der Waals surface area contributed by atoms with Crippen LogP contribution >= 0.6 is 11.3 Å². The molecule has 1 aliphatic rings. The fourth-order valence-corrected chi connectivity index (χ4v) is 8.57. The molecule has 0 saturated carbocycles. The summed E-state index contributed by atoms with van der Waals surface area (Å²) in [5.74, 6) is 0. The molecule has 0 amide bonds. The molecular weight excluding hydrogens is 581 g/mol. The van der Waals surface area contributed by atoms with Crippen molar-refractivity contribution >= 4 is 81.8 Å². The molecule has 0 radical (unpaired) electrons. The van der Waals surface area contributed by atoms with Crippen LogP contribution in [0.15, 0.2) is 121 Å². The number of rotatable bonds is 2. The molecule has 0 bridgehead atoms. The Balaban J connectivity index is 1.22. The second kappa shape index (κ2) is 9.56. The normalized spacial score (nSPS) is 13.5. The standard InChI is InChI=1S/C41H26N4S/c1-41(2)33-9-5-7-11-37(33)45(38-12-8-6-10-34(38)41)28-16-18-30-29-17-15-27(23-39(29)46-40(30)24-28)44-35-19-13-25(42-3)21-31(35)32-22-26(43-4)14-20-36(32)44/h5-24H,1-2H3. The van der Waals surface area contributed by atoms with E-state index in [-0.39, 0.29) is 5.41 Å². The molecule has 0 atom stereocenters. The number of hydrogen-bond acceptors (Lipinski definition) is 2. The lowest BCUT2D eigenvalue weighted by atomic mass is 9.73. The van der Waals surface area contributed by atoms with Crippen LogP contribution < -0.4 is 4.90 Å². The van der Waals surface area contributed by atoms with Gasteiger partial charge in [0.15, 0.2) is 11.4 Å². The van der Waals surface area contributed by atoms with Crippen LogP contribution in [0.1, 0.15) is 25.0 Å². The van der Waals surface area contributed by atoms with Crippen molar-refractivity contribution in [2.24, 2.45) is 0 Å². The maximum absolute atomic E-state index is 7.56. The Bertz CT molecular complexity index is 2540. The molecule has 6 aromatic carbocycles. The van der Waals surface area contributed by atoms with Gasteiger partial charge in [-0.1, -0.05) is 74.5 Å². The molecule has 2 aromatic heterocycles. The lowest BCUT2D eigenvalue weighted by Crippen LogP contribution is -2.30. The molecule has 216 valence electrons. The monoisotopic (exact) mass is 606 g/mol. The van der Waals surface area contributed by atoms with Gasteiger partial charge in [-0.3, -0.25) is 0 Å². The minimum Gasteiger partial charge on any atom is -0.310 e. The Morgan fingerprint density at radius 2 is 1.04 bits per heavy atom. The van der Waals surface area contributed by atoms with Gasteiger partial charge < -0.3 is 9.47 Å². The third-order valence-corrected chi connectivity index (χ3v) is 10.7. The van der Waals surface area contributed by atoms with Crippen LogP contribution in [-0.4, -0.2) is 4.57 Å². The highest BCUT2D eigenvalue weighted by Crippen LogP contribution is 2.52. The largest absolute Gasteiger partial charge is 0.310 e. The van der Waals surface area contributed by atoms with Crippen molar-refractivity contribution in [2.75, 3.05) is 4.90 Å². The maximum atomic E-state index is 7.56. The van der Waals surface area contributed by atoms with Crippen LogP contribution in [0.3, 0.4) is 0 Å². The number of nitrogens with zero attached hydrogens (tertiary/aromatic N) is 4. The molecule has 5 heteroatoms. The highest BCUT2D eigenvalue weighted by atomic mass is 32.1. The summed E-state index contributed by atoms with van der Waals surface area (Å²) in [6.07, 6.45) is 0. The van der Waals surface area contributed by atoms with Crippen molar-refractivity contribution in [1.82, 2.24) is 4.57 Å². The van der Waals surface area contributed by atoms with Gasteiger partial charge in [0.05, 0.1) is 35.6 Å². The lowest BCUT2D eigenvalue weighted by Gasteiger charge is -2.42. The van der Waals surface area contributed by atoms with Gasteiger partial charge in [0.1, 0.15) is 0 Å². The quantitative estimate of drug-likeness (QED) is 0.179. The third-order valence-electron chi connectivity index (χ3n) is 9.58. The number of aromatic nitrogens is 1. The molecule has 46 heavy (non-hydrogen) atoms. The number of para-hydroxylation sites is 2. The van der Waals surface area contributed by atoms with Crippen molar-refractivity contribution in [2.45, 2.75) is 19.3 Å². The zero-order chi connectivity index (χ0) is 31.2. The highest BCUT2D eigenvalue weighted by Gasteiger charge is 2.36. The van der Waals surface area contributed by atoms with E-state index in [0.29, 0.717) is 11.4 Å². The zero-order valence-corrected chi connectivity index (χ0v) is 26.1. The van der Waals surface area contributed by atoms with Gasteiger partial charge in [0.2, 0.25) is 0 Å². The molecule has 4 nitrogen and oxygen atoms in total. The molecule has 9 rings (SSSR count). The van der Waals surface area contributed by atoms with Crippen molar-refractivity contribution in [3.63, 3.8) is 0 Å². The summed E-state index contributed by atoms with van der Waals surface area (Å²) in [4.78, 5) is 9.75. The van der Waals surface area contributed by atoms with E-state index in [0.717, 1.165) is 33.2 Å². The molecule has 0 aliphatic carbocycles. The number of thiophene rings is 1. The molecular formula is C41H26N4S. The fraction of sp³-hybridized carbons (Fsp3) is 0.0732. The van der Waals surface area contributed by atoms with Gasteiger partial charge in [-0.05, 0) is 82.6 Å². The molecule has 0 saturated heterocycles. The van der Waals surface area contributed by atoms with Crippen LogP contribution in [0.5, 0.6) is 0 Å². The van der Waals surface area contributed by atoms with E-state index < -0.39 is 0 Å². The maximum Gasteiger partial charge on any atom is 0.188 e. The molecule has 0 N–H and O–H groups in total. The number of benzene rings is 6. The van der Waals surface area contributed by atoms with Crippen LogP contribution in [-0.2, 0) is 5.41 Å². The highest BCUT2D eigenvalue weighted by molar-refractivity contribution is 7.25. The molecule has 0 spiro atoms. The zero-order valence-electron chi connectivity index (χ0n) is 25.2. The number of hydrogen-bond donors (Lipinski definition) is 0. The average molecular weight is 607 g/mol. The van der Waals surface area contributed by atoms with E-state index in [4.69, 9.17) is 13.1 Å². The Morgan fingerprint density at radius 1 is 0.543 bits per heavy atom. The van der Waals surface area contributed by atoms with E-state index in [1.807, 2.05) is 47.7 Å². The first-order valence-corrected chi connectivity index (χ1v) is 16.1. The molecule has 0 fully saturated rings. The minimum absolute atomic E-state index is 0.0936. The Kier molecular flexibility index (Phi) is 5.51. The summed E-state index contributed by atoms with van der Waals surface area (Å²) in [6, 6.07) is 42.8. The van der Waals surface area contributed by atoms with Crippen molar-refractivity contribution in [1.29, 1.82) is 0 Å². The number of anilines is 3. The summed E-state index contributed by atoms with van der Waals surface area (Å²) in [7, 11) is 0. The average Bonchev–Trinajstić information content (AvgIpc) is 3.62. The van der Waals surface area contributed by atoms with Gasteiger partial charge in [-0.15, -0.1) is 11.3 Å². The summed E-state index contributed by atoms with van der Waals surface area (Å²) >= 11 is 1.82. The first-order chi connectivity index (χ1) is 22.5. The van der Waals surface area contributed by atoms with Gasteiger partial charge in [0.25, 0.3) is 0 Å². The van der Waals surface area contributed by atoms with Gasteiger partial charge >= 0.3 is 0 Å². The summed E-state index contributed by atoms with van der Waals surface area (Å²) in [5.41, 5.74) is 10.5. The van der Waals surface area contributed by atoms with Gasteiger partial charge in [-0.2, -0.15) is 0 Å². The van der Waals surface area contributed by atoms with E-state index in [2.05, 4.69) is 118 Å². The van der Waals surface area contributed by atoms with Crippen molar-refractivity contribution < 1.29 is 0 Å². The van der Waals surface area contributed by atoms with Gasteiger partial charge in [-0.25, -0.2) is 9.69 Å². The topological polar surface area (TPSA) is 16.9 Å². The predicted octanol–water partition coefficient (Wildman–Crippen LogP) is 12.4. The Morgan fingerprint density at radius 3 is 1.59 bits per heavy atom. The lowest BCUT2D eigenvalue weighted by molar-refractivity contribution is 0.632. The number of fused-ring (bicyclic) bond motifs is 8. The van der Waals surface area contributed by atoms with Crippen LogP contribution in [0.25, 0.3) is 57.4 Å². The molecule has 0 unspecified atom stereocenters. The Hall–Kier alpha value is -5.88.